The lowest BCUT2D eigenvalue weighted by atomic mass is 10.3. The number of methoxy groups -OCH3 is 1. The predicted octanol–water partition coefficient (Wildman–Crippen LogP) is 0.220. The van der Waals surface area contributed by atoms with Gasteiger partial charge < -0.3 is 10.5 Å². The number of carbonyl (C=O) groups excluding carboxylic acids is 2. The molecule has 0 spiro atoms. The number of ether oxygens (including phenoxy) is 1. The number of nitrogens with zero attached hydrogens (tertiary/aromatic N) is 2. The van der Waals surface area contributed by atoms with Crippen molar-refractivity contribution in [2.45, 2.75) is 0 Å². The number of primary amides is 1. The van der Waals surface area contributed by atoms with E-state index in [2.05, 4.69) is 9.72 Å². The highest BCUT2D eigenvalue weighted by molar-refractivity contribution is 5.99. The summed E-state index contributed by atoms with van der Waals surface area (Å²) in [6.45, 7) is 0. The molecule has 2 N–H and O–H groups in total. The lowest BCUT2D eigenvalue weighted by Crippen LogP contribution is -2.15. The standard InChI is InChI=1S/C10H9N3O3/c1-16-10(15)7-6-4-2-3-5-13(6)9(12-7)8(11)14/h2-5H,1H3,(H2,11,14). The van der Waals surface area contributed by atoms with Crippen molar-refractivity contribution in [3.8, 4) is 0 Å². The van der Waals surface area contributed by atoms with E-state index in [9.17, 15) is 9.59 Å². The van der Waals surface area contributed by atoms with Crippen molar-refractivity contribution in [2.75, 3.05) is 7.11 Å². The first-order valence-corrected chi connectivity index (χ1v) is 4.50. The zero-order valence-electron chi connectivity index (χ0n) is 8.51. The Kier molecular flexibility index (Phi) is 2.32. The third kappa shape index (κ3) is 1.40. The Morgan fingerprint density at radius 3 is 2.81 bits per heavy atom. The monoisotopic (exact) mass is 219 g/mol. The van der Waals surface area contributed by atoms with Crippen molar-refractivity contribution >= 4 is 17.4 Å². The second-order valence-electron chi connectivity index (χ2n) is 3.10. The van der Waals surface area contributed by atoms with Crippen molar-refractivity contribution < 1.29 is 14.3 Å². The number of esters is 1. The van der Waals surface area contributed by atoms with Crippen LogP contribution in [0.4, 0.5) is 0 Å². The Morgan fingerprint density at radius 2 is 2.19 bits per heavy atom. The number of aromatic nitrogens is 2. The van der Waals surface area contributed by atoms with Crippen molar-refractivity contribution in [1.82, 2.24) is 9.38 Å². The van der Waals surface area contributed by atoms with Crippen LogP contribution in [0.5, 0.6) is 0 Å². The number of rotatable bonds is 2. The van der Waals surface area contributed by atoms with Gasteiger partial charge in [-0.15, -0.1) is 0 Å². The van der Waals surface area contributed by atoms with Crippen LogP contribution >= 0.6 is 0 Å². The van der Waals surface area contributed by atoms with Gasteiger partial charge in [-0.2, -0.15) is 0 Å². The zero-order chi connectivity index (χ0) is 11.7. The molecule has 2 aromatic heterocycles. The molecule has 0 unspecified atom stereocenters. The molecule has 0 aliphatic heterocycles. The summed E-state index contributed by atoms with van der Waals surface area (Å²) in [4.78, 5) is 26.4. The first-order valence-electron chi connectivity index (χ1n) is 4.50. The van der Waals surface area contributed by atoms with E-state index >= 15 is 0 Å². The molecule has 0 bridgehead atoms. The van der Waals surface area contributed by atoms with Crippen LogP contribution in [0.3, 0.4) is 0 Å². The molecule has 2 rings (SSSR count). The number of pyridine rings is 1. The molecular formula is C10H9N3O3. The van der Waals surface area contributed by atoms with Gasteiger partial charge in [0.05, 0.1) is 12.6 Å². The van der Waals surface area contributed by atoms with E-state index in [0.29, 0.717) is 5.52 Å². The second-order valence-corrected chi connectivity index (χ2v) is 3.10. The van der Waals surface area contributed by atoms with Crippen LogP contribution in [-0.4, -0.2) is 28.4 Å². The van der Waals surface area contributed by atoms with Gasteiger partial charge in [0.25, 0.3) is 5.91 Å². The molecule has 0 saturated heterocycles. The third-order valence-corrected chi connectivity index (χ3v) is 2.15. The van der Waals surface area contributed by atoms with E-state index in [4.69, 9.17) is 5.73 Å². The Hall–Kier alpha value is -2.37. The summed E-state index contributed by atoms with van der Waals surface area (Å²) in [5.74, 6) is -1.29. The van der Waals surface area contributed by atoms with Gasteiger partial charge in [0.15, 0.2) is 5.69 Å². The van der Waals surface area contributed by atoms with Crippen molar-refractivity contribution in [3.05, 3.63) is 35.9 Å². The first kappa shape index (κ1) is 10.2. The smallest absolute Gasteiger partial charge is 0.358 e. The molecule has 2 heterocycles. The fourth-order valence-corrected chi connectivity index (χ4v) is 1.46. The maximum absolute atomic E-state index is 11.4. The predicted molar refractivity (Wildman–Crippen MR) is 55.0 cm³/mol. The lowest BCUT2D eigenvalue weighted by molar-refractivity contribution is 0.0597. The highest BCUT2D eigenvalue weighted by Gasteiger charge is 2.19. The Labute approximate surface area is 90.6 Å². The van der Waals surface area contributed by atoms with Crippen molar-refractivity contribution in [1.29, 1.82) is 0 Å². The Balaban J connectivity index is 2.76. The highest BCUT2D eigenvalue weighted by atomic mass is 16.5. The van der Waals surface area contributed by atoms with Crippen LogP contribution in [0, 0.1) is 0 Å². The first-order chi connectivity index (χ1) is 7.65. The quantitative estimate of drug-likeness (QED) is 0.732. The number of fused-ring (bicyclic) bond motifs is 1. The highest BCUT2D eigenvalue weighted by Crippen LogP contribution is 2.13. The maximum Gasteiger partial charge on any atom is 0.358 e. The van der Waals surface area contributed by atoms with Gasteiger partial charge in [0, 0.05) is 6.20 Å². The maximum atomic E-state index is 11.4. The number of amides is 1. The normalized spacial score (nSPS) is 10.3. The van der Waals surface area contributed by atoms with E-state index in [1.807, 2.05) is 0 Å². The number of hydrogen-bond acceptors (Lipinski definition) is 4. The Bertz CT molecular complexity index is 574. The van der Waals surface area contributed by atoms with E-state index in [-0.39, 0.29) is 11.5 Å². The van der Waals surface area contributed by atoms with E-state index in [0.717, 1.165) is 0 Å². The molecule has 6 nitrogen and oxygen atoms in total. The SMILES string of the molecule is COC(=O)c1nc(C(N)=O)n2ccccc12. The van der Waals surface area contributed by atoms with Crippen LogP contribution in [0.15, 0.2) is 24.4 Å². The number of imidazole rings is 1. The molecule has 0 radical (unpaired) electrons. The van der Waals surface area contributed by atoms with E-state index < -0.39 is 11.9 Å². The molecule has 0 atom stereocenters. The second kappa shape index (κ2) is 3.65. The summed E-state index contributed by atoms with van der Waals surface area (Å²) in [7, 11) is 1.25. The molecule has 0 saturated carbocycles. The Morgan fingerprint density at radius 1 is 1.44 bits per heavy atom. The van der Waals surface area contributed by atoms with Crippen LogP contribution in [0.2, 0.25) is 0 Å². The number of nitrogens with two attached hydrogens (primary N) is 1. The van der Waals surface area contributed by atoms with E-state index in [1.54, 1.807) is 24.4 Å². The number of hydrogen-bond donors (Lipinski definition) is 1. The number of carbonyl (C=O) groups is 2. The summed E-state index contributed by atoms with van der Waals surface area (Å²) in [5.41, 5.74) is 5.73. The molecule has 82 valence electrons. The molecule has 6 heteroatoms. The van der Waals surface area contributed by atoms with Crippen LogP contribution in [0.25, 0.3) is 5.52 Å². The topological polar surface area (TPSA) is 86.7 Å². The average molecular weight is 219 g/mol. The molecule has 16 heavy (non-hydrogen) atoms. The van der Waals surface area contributed by atoms with Crippen LogP contribution in [-0.2, 0) is 4.74 Å². The van der Waals surface area contributed by atoms with Crippen LogP contribution in [0.1, 0.15) is 21.1 Å². The van der Waals surface area contributed by atoms with Crippen LogP contribution < -0.4 is 5.73 Å². The van der Waals surface area contributed by atoms with Gasteiger partial charge in [-0.25, -0.2) is 9.78 Å². The lowest BCUT2D eigenvalue weighted by Gasteiger charge is -1.96. The fraction of sp³-hybridized carbons (Fsp3) is 0.100. The summed E-state index contributed by atoms with van der Waals surface area (Å²) in [6.07, 6.45) is 1.61. The molecule has 1 amide bonds. The summed E-state index contributed by atoms with van der Waals surface area (Å²) in [5, 5.41) is 0. The molecular weight excluding hydrogens is 210 g/mol. The molecule has 2 aromatic rings. The zero-order valence-corrected chi connectivity index (χ0v) is 8.51. The minimum absolute atomic E-state index is 0.0102. The van der Waals surface area contributed by atoms with Gasteiger partial charge >= 0.3 is 5.97 Å². The third-order valence-electron chi connectivity index (χ3n) is 2.15. The van der Waals surface area contributed by atoms with Gasteiger partial charge in [-0.3, -0.25) is 9.20 Å². The van der Waals surface area contributed by atoms with Gasteiger partial charge in [-0.1, -0.05) is 6.07 Å². The van der Waals surface area contributed by atoms with Gasteiger partial charge in [-0.05, 0) is 12.1 Å². The van der Waals surface area contributed by atoms with Gasteiger partial charge in [0.2, 0.25) is 5.82 Å². The van der Waals surface area contributed by atoms with Gasteiger partial charge in [0.1, 0.15) is 0 Å². The fourth-order valence-electron chi connectivity index (χ4n) is 1.46. The summed E-state index contributed by atoms with van der Waals surface area (Å²) < 4.78 is 6.02. The molecule has 0 aromatic carbocycles. The molecule has 0 aliphatic rings. The molecule has 0 aliphatic carbocycles. The van der Waals surface area contributed by atoms with Crippen molar-refractivity contribution in [3.63, 3.8) is 0 Å². The van der Waals surface area contributed by atoms with Crippen molar-refractivity contribution in [2.24, 2.45) is 5.73 Å². The minimum atomic E-state index is -0.698. The minimum Gasteiger partial charge on any atom is -0.464 e. The summed E-state index contributed by atoms with van der Waals surface area (Å²) >= 11 is 0. The summed E-state index contributed by atoms with van der Waals surface area (Å²) in [6, 6.07) is 5.10. The average Bonchev–Trinajstić information content (AvgIpc) is 2.67. The molecule has 0 fully saturated rings. The largest absolute Gasteiger partial charge is 0.464 e. The van der Waals surface area contributed by atoms with E-state index in [1.165, 1.54) is 11.5 Å².